The Labute approximate surface area is 105 Å². The molecule has 0 aromatic heterocycles. The average molecular weight is 238 g/mol. The Kier molecular flexibility index (Phi) is 3.76. The highest BCUT2D eigenvalue weighted by Gasteiger charge is 2.37. The summed E-state index contributed by atoms with van der Waals surface area (Å²) in [4.78, 5) is 14.7. The summed E-state index contributed by atoms with van der Waals surface area (Å²) in [6, 6.07) is 0.542. The molecule has 0 spiro atoms. The van der Waals surface area contributed by atoms with Gasteiger partial charge in [-0.15, -0.1) is 0 Å². The average Bonchev–Trinajstić information content (AvgIpc) is 2.75. The zero-order chi connectivity index (χ0) is 12.5. The van der Waals surface area contributed by atoms with Gasteiger partial charge in [0.1, 0.15) is 0 Å². The Morgan fingerprint density at radius 1 is 1.29 bits per heavy atom. The Bertz CT molecular complexity index is 282. The first-order chi connectivity index (χ1) is 8.03. The maximum atomic E-state index is 12.5. The van der Waals surface area contributed by atoms with Crippen molar-refractivity contribution in [2.24, 2.45) is 5.41 Å². The van der Waals surface area contributed by atoms with Crippen LogP contribution in [-0.4, -0.2) is 36.5 Å². The van der Waals surface area contributed by atoms with Crippen LogP contribution in [-0.2, 0) is 4.79 Å². The third kappa shape index (κ3) is 2.82. The third-order valence-electron chi connectivity index (χ3n) is 4.48. The Hall–Kier alpha value is -0.570. The lowest BCUT2D eigenvalue weighted by Crippen LogP contribution is -2.48. The summed E-state index contributed by atoms with van der Waals surface area (Å²) in [6.45, 7) is 5.51. The minimum absolute atomic E-state index is 0.0214. The van der Waals surface area contributed by atoms with Crippen molar-refractivity contribution >= 4 is 5.91 Å². The number of carbonyl (C=O) groups is 1. The minimum atomic E-state index is 0.0214. The van der Waals surface area contributed by atoms with Crippen molar-refractivity contribution in [2.45, 2.75) is 64.5 Å². The molecule has 0 bridgehead atoms. The summed E-state index contributed by atoms with van der Waals surface area (Å²) in [6.07, 6.45) is 7.11. The highest BCUT2D eigenvalue weighted by atomic mass is 16.2. The molecule has 0 radical (unpaired) electrons. The molecule has 1 heterocycles. The van der Waals surface area contributed by atoms with Gasteiger partial charge in [-0.25, -0.2) is 0 Å². The van der Waals surface area contributed by atoms with Crippen LogP contribution in [0.3, 0.4) is 0 Å². The van der Waals surface area contributed by atoms with Gasteiger partial charge in [0.15, 0.2) is 0 Å². The number of rotatable bonds is 2. The van der Waals surface area contributed by atoms with E-state index in [2.05, 4.69) is 24.1 Å². The fraction of sp³-hybridized carbons (Fsp3) is 0.929. The maximum absolute atomic E-state index is 12.5. The van der Waals surface area contributed by atoms with E-state index in [1.54, 1.807) is 0 Å². The number of likely N-dealkylation sites (N-methyl/N-ethyl adjacent to an activating group) is 1. The Balaban J connectivity index is 2.13. The van der Waals surface area contributed by atoms with E-state index >= 15 is 0 Å². The molecule has 1 saturated carbocycles. The normalized spacial score (nSPS) is 30.6. The molecule has 3 nitrogen and oxygen atoms in total. The first-order valence-electron chi connectivity index (χ1n) is 7.01. The number of nitrogens with zero attached hydrogens (tertiary/aromatic N) is 1. The van der Waals surface area contributed by atoms with E-state index in [9.17, 15) is 4.79 Å². The van der Waals surface area contributed by atoms with E-state index in [0.717, 1.165) is 19.4 Å². The van der Waals surface area contributed by atoms with E-state index in [0.29, 0.717) is 11.9 Å². The molecule has 1 unspecified atom stereocenters. The van der Waals surface area contributed by atoms with E-state index in [1.807, 2.05) is 7.05 Å². The predicted molar refractivity (Wildman–Crippen MR) is 69.8 cm³/mol. The molecule has 2 aliphatic rings. The smallest absolute Gasteiger partial charge is 0.239 e. The van der Waals surface area contributed by atoms with Crippen molar-refractivity contribution in [2.75, 3.05) is 13.6 Å². The highest BCUT2D eigenvalue weighted by molar-refractivity contribution is 5.82. The highest BCUT2D eigenvalue weighted by Crippen LogP contribution is 2.33. The molecule has 3 heteroatoms. The molecule has 1 atom stereocenters. The number of hydrogen-bond donors (Lipinski definition) is 1. The van der Waals surface area contributed by atoms with E-state index in [1.165, 1.54) is 25.7 Å². The van der Waals surface area contributed by atoms with Crippen LogP contribution in [0.1, 0.15) is 52.4 Å². The molecule has 1 aliphatic heterocycles. The van der Waals surface area contributed by atoms with Crippen LogP contribution in [0, 0.1) is 5.41 Å². The topological polar surface area (TPSA) is 32.3 Å². The summed E-state index contributed by atoms with van der Waals surface area (Å²) in [5.41, 5.74) is 0.274. The Morgan fingerprint density at radius 3 is 2.53 bits per heavy atom. The number of carbonyl (C=O) groups excluding carboxylic acids is 1. The monoisotopic (exact) mass is 238 g/mol. The molecular formula is C14H26N2O. The summed E-state index contributed by atoms with van der Waals surface area (Å²) in [7, 11) is 1.91. The minimum Gasteiger partial charge on any atom is -0.338 e. The van der Waals surface area contributed by atoms with Crippen LogP contribution in [0.15, 0.2) is 0 Å². The standard InChI is InChI=1S/C14H26N2O/c1-14(2)8-9-16(11-6-4-5-7-11)13(17)12(10-14)15-3/h11-12,15H,4-10H2,1-3H3. The molecule has 2 rings (SSSR count). The molecule has 2 fully saturated rings. The van der Waals surface area contributed by atoms with Crippen molar-refractivity contribution in [3.05, 3.63) is 0 Å². The van der Waals surface area contributed by atoms with Crippen LogP contribution in [0.4, 0.5) is 0 Å². The fourth-order valence-corrected chi connectivity index (χ4v) is 3.28. The molecule has 17 heavy (non-hydrogen) atoms. The van der Waals surface area contributed by atoms with Gasteiger partial charge in [-0.3, -0.25) is 4.79 Å². The maximum Gasteiger partial charge on any atom is 0.239 e. The predicted octanol–water partition coefficient (Wildman–Crippen LogP) is 2.17. The van der Waals surface area contributed by atoms with Crippen molar-refractivity contribution < 1.29 is 4.79 Å². The van der Waals surface area contributed by atoms with Gasteiger partial charge in [0.2, 0.25) is 5.91 Å². The van der Waals surface area contributed by atoms with Crippen LogP contribution in [0.5, 0.6) is 0 Å². The van der Waals surface area contributed by atoms with Crippen molar-refractivity contribution in [3.8, 4) is 0 Å². The van der Waals surface area contributed by atoms with Gasteiger partial charge in [-0.05, 0) is 38.1 Å². The van der Waals surface area contributed by atoms with Gasteiger partial charge in [-0.2, -0.15) is 0 Å². The molecule has 0 aromatic carbocycles. The summed E-state index contributed by atoms with van der Waals surface area (Å²) < 4.78 is 0. The van der Waals surface area contributed by atoms with Crippen LogP contribution in [0.2, 0.25) is 0 Å². The van der Waals surface area contributed by atoms with Gasteiger partial charge >= 0.3 is 0 Å². The van der Waals surface area contributed by atoms with Gasteiger partial charge in [-0.1, -0.05) is 26.7 Å². The third-order valence-corrected chi connectivity index (χ3v) is 4.48. The number of likely N-dealkylation sites (tertiary alicyclic amines) is 1. The zero-order valence-electron chi connectivity index (χ0n) is 11.5. The van der Waals surface area contributed by atoms with Gasteiger partial charge in [0.25, 0.3) is 0 Å². The second-order valence-electron chi connectivity index (χ2n) is 6.43. The van der Waals surface area contributed by atoms with Gasteiger partial charge < -0.3 is 10.2 Å². The molecule has 0 aromatic rings. The molecule has 98 valence electrons. The lowest BCUT2D eigenvalue weighted by molar-refractivity contribution is -0.135. The lowest BCUT2D eigenvalue weighted by atomic mass is 9.83. The van der Waals surface area contributed by atoms with Crippen molar-refractivity contribution in [1.29, 1.82) is 0 Å². The van der Waals surface area contributed by atoms with Crippen LogP contribution >= 0.6 is 0 Å². The summed E-state index contributed by atoms with van der Waals surface area (Å²) in [5.74, 6) is 0.338. The number of nitrogens with one attached hydrogen (secondary N) is 1. The number of hydrogen-bond acceptors (Lipinski definition) is 2. The first-order valence-corrected chi connectivity index (χ1v) is 7.01. The lowest BCUT2D eigenvalue weighted by Gasteiger charge is -2.30. The zero-order valence-corrected chi connectivity index (χ0v) is 11.5. The molecule has 1 saturated heterocycles. The summed E-state index contributed by atoms with van der Waals surface area (Å²) in [5, 5.41) is 3.21. The van der Waals surface area contributed by atoms with Gasteiger partial charge in [0.05, 0.1) is 6.04 Å². The first kappa shape index (κ1) is 12.9. The molecule has 1 amide bonds. The van der Waals surface area contributed by atoms with E-state index in [4.69, 9.17) is 0 Å². The fourth-order valence-electron chi connectivity index (χ4n) is 3.28. The molecular weight excluding hydrogens is 212 g/mol. The van der Waals surface area contributed by atoms with Crippen LogP contribution < -0.4 is 5.32 Å². The van der Waals surface area contributed by atoms with E-state index < -0.39 is 0 Å². The number of amides is 1. The van der Waals surface area contributed by atoms with Crippen LogP contribution in [0.25, 0.3) is 0 Å². The largest absolute Gasteiger partial charge is 0.338 e. The van der Waals surface area contributed by atoms with E-state index in [-0.39, 0.29) is 11.5 Å². The SMILES string of the molecule is CNC1CC(C)(C)CCN(C2CCCC2)C1=O. The second kappa shape index (κ2) is 4.97. The van der Waals surface area contributed by atoms with Gasteiger partial charge in [0, 0.05) is 12.6 Å². The summed E-state index contributed by atoms with van der Waals surface area (Å²) >= 11 is 0. The second-order valence-corrected chi connectivity index (χ2v) is 6.43. The van der Waals surface area contributed by atoms with Crippen molar-refractivity contribution in [3.63, 3.8) is 0 Å². The quantitative estimate of drug-likeness (QED) is 0.799. The Morgan fingerprint density at radius 2 is 1.94 bits per heavy atom. The molecule has 1 aliphatic carbocycles. The molecule has 1 N–H and O–H groups in total. The van der Waals surface area contributed by atoms with Crippen molar-refractivity contribution in [1.82, 2.24) is 10.2 Å².